The van der Waals surface area contributed by atoms with Crippen molar-refractivity contribution in [2.75, 3.05) is 0 Å². The number of fused-ring (bicyclic) bond motifs is 2. The molecular formula is C27H21N. The summed E-state index contributed by atoms with van der Waals surface area (Å²) in [6, 6.07) is 35.4. The molecule has 1 fully saturated rings. The van der Waals surface area contributed by atoms with E-state index >= 15 is 0 Å². The zero-order chi connectivity index (χ0) is 18.5. The number of para-hydroxylation sites is 1. The SMILES string of the molecule is c1ccc(-[13c]2cc3ccccc3n2-c2cc(C3CC3)cc3ccccc23)cc1. The lowest BCUT2D eigenvalue weighted by Gasteiger charge is -2.16. The number of hydrogen-bond acceptors (Lipinski definition) is 0. The lowest BCUT2D eigenvalue weighted by atomic mass is 10.0. The van der Waals surface area contributed by atoms with Crippen molar-refractivity contribution in [1.29, 1.82) is 0 Å². The maximum absolute atomic E-state index is 2.46. The van der Waals surface area contributed by atoms with Crippen LogP contribution in [0.3, 0.4) is 0 Å². The number of aromatic nitrogens is 1. The maximum Gasteiger partial charge on any atom is 0.0543 e. The van der Waals surface area contributed by atoms with Crippen molar-refractivity contribution in [1.82, 2.24) is 4.57 Å². The molecule has 0 aliphatic heterocycles. The van der Waals surface area contributed by atoms with Gasteiger partial charge >= 0.3 is 0 Å². The second kappa shape index (κ2) is 6.10. The first-order valence-electron chi connectivity index (χ1n) is 10.1. The minimum Gasteiger partial charge on any atom is -0.309 e. The Morgan fingerprint density at radius 3 is 2.18 bits per heavy atom. The Morgan fingerprint density at radius 2 is 1.36 bits per heavy atom. The summed E-state index contributed by atoms with van der Waals surface area (Å²) < 4.78 is 2.46. The maximum atomic E-state index is 2.46. The summed E-state index contributed by atoms with van der Waals surface area (Å²) in [5, 5.41) is 3.92. The van der Waals surface area contributed by atoms with E-state index in [4.69, 9.17) is 0 Å². The van der Waals surface area contributed by atoms with Crippen LogP contribution in [0.2, 0.25) is 0 Å². The fraction of sp³-hybridized carbons (Fsp3) is 0.111. The first-order valence-corrected chi connectivity index (χ1v) is 10.1. The van der Waals surface area contributed by atoms with Gasteiger partial charge in [-0.25, -0.2) is 0 Å². The van der Waals surface area contributed by atoms with Crippen LogP contribution in [0.4, 0.5) is 0 Å². The molecule has 0 bridgehead atoms. The highest BCUT2D eigenvalue weighted by atomic mass is 15.1. The van der Waals surface area contributed by atoms with E-state index in [1.54, 1.807) is 0 Å². The van der Waals surface area contributed by atoms with Crippen molar-refractivity contribution < 1.29 is 0 Å². The molecule has 1 nitrogen and oxygen atoms in total. The van der Waals surface area contributed by atoms with Gasteiger partial charge in [0.05, 0.1) is 16.9 Å². The standard InChI is InChI=1S/C27H21N/c1-2-8-20(9-3-1)26-17-22-11-5-7-13-25(22)28(26)27-18-23(19-14-15-19)16-21-10-4-6-12-24(21)27/h1-13,16-19H,14-15H2/i26+1. The monoisotopic (exact) mass is 360 g/mol. The van der Waals surface area contributed by atoms with Gasteiger partial charge in [-0.2, -0.15) is 0 Å². The molecule has 0 atom stereocenters. The quantitative estimate of drug-likeness (QED) is 0.317. The molecule has 1 saturated carbocycles. The number of hydrogen-bond donors (Lipinski definition) is 0. The fourth-order valence-corrected chi connectivity index (χ4v) is 4.39. The fourth-order valence-electron chi connectivity index (χ4n) is 4.39. The van der Waals surface area contributed by atoms with Gasteiger partial charge in [-0.15, -0.1) is 0 Å². The van der Waals surface area contributed by atoms with Crippen LogP contribution >= 0.6 is 0 Å². The molecule has 28 heavy (non-hydrogen) atoms. The molecule has 0 amide bonds. The van der Waals surface area contributed by atoms with Crippen molar-refractivity contribution >= 4 is 21.7 Å². The normalized spacial score (nSPS) is 14.0. The van der Waals surface area contributed by atoms with Crippen LogP contribution in [0.1, 0.15) is 24.3 Å². The largest absolute Gasteiger partial charge is 0.309 e. The molecule has 134 valence electrons. The first-order chi connectivity index (χ1) is 13.9. The van der Waals surface area contributed by atoms with Gasteiger partial charge in [-0.3, -0.25) is 0 Å². The zero-order valence-electron chi connectivity index (χ0n) is 15.7. The highest BCUT2D eigenvalue weighted by Crippen LogP contribution is 2.43. The summed E-state index contributed by atoms with van der Waals surface area (Å²) in [4.78, 5) is 0. The minimum absolute atomic E-state index is 0.727. The summed E-state index contributed by atoms with van der Waals surface area (Å²) in [5.74, 6) is 0.727. The topological polar surface area (TPSA) is 4.93 Å². The lowest BCUT2D eigenvalue weighted by Crippen LogP contribution is -1.99. The smallest absolute Gasteiger partial charge is 0.0543 e. The van der Waals surface area contributed by atoms with Gasteiger partial charge in [0.15, 0.2) is 0 Å². The van der Waals surface area contributed by atoms with Crippen LogP contribution in [-0.4, -0.2) is 4.57 Å². The molecule has 4 aromatic carbocycles. The van der Waals surface area contributed by atoms with E-state index in [1.807, 2.05) is 0 Å². The molecule has 6 rings (SSSR count). The van der Waals surface area contributed by atoms with E-state index in [9.17, 15) is 0 Å². The average molecular weight is 360 g/mol. The lowest BCUT2D eigenvalue weighted by molar-refractivity contribution is 1.10. The molecule has 0 N–H and O–H groups in total. The molecule has 5 aromatic rings. The van der Waals surface area contributed by atoms with Gasteiger partial charge in [0.2, 0.25) is 0 Å². The molecule has 1 aromatic heterocycles. The summed E-state index contributed by atoms with van der Waals surface area (Å²) in [7, 11) is 0. The van der Waals surface area contributed by atoms with Crippen LogP contribution in [0, 0.1) is 0 Å². The van der Waals surface area contributed by atoms with E-state index in [-0.39, 0.29) is 0 Å². The molecule has 0 spiro atoms. The van der Waals surface area contributed by atoms with Crippen LogP contribution in [0.25, 0.3) is 38.6 Å². The summed E-state index contributed by atoms with van der Waals surface area (Å²) in [5.41, 5.74) is 6.53. The highest BCUT2D eigenvalue weighted by Gasteiger charge is 2.25. The Morgan fingerprint density at radius 1 is 0.643 bits per heavy atom. The molecule has 0 radical (unpaired) electrons. The zero-order valence-corrected chi connectivity index (χ0v) is 15.7. The Labute approximate surface area is 164 Å². The minimum atomic E-state index is 0.727. The van der Waals surface area contributed by atoms with E-state index in [0.717, 1.165) is 5.92 Å². The van der Waals surface area contributed by atoms with Gasteiger partial charge in [-0.05, 0) is 53.5 Å². The van der Waals surface area contributed by atoms with Gasteiger partial charge < -0.3 is 4.57 Å². The van der Waals surface area contributed by atoms with Crippen molar-refractivity contribution in [3.63, 3.8) is 0 Å². The van der Waals surface area contributed by atoms with Gasteiger partial charge in [-0.1, -0.05) is 78.9 Å². The molecular weight excluding hydrogens is 339 g/mol. The Bertz CT molecular complexity index is 1310. The average Bonchev–Trinajstić information content (AvgIpc) is 3.54. The third-order valence-corrected chi connectivity index (χ3v) is 5.93. The predicted octanol–water partition coefficient (Wildman–Crippen LogP) is 7.33. The molecule has 1 heterocycles. The van der Waals surface area contributed by atoms with Crippen molar-refractivity contribution in [3.05, 3.63) is 103 Å². The Kier molecular flexibility index (Phi) is 3.42. The Hall–Kier alpha value is -3.32. The van der Waals surface area contributed by atoms with Gasteiger partial charge in [0, 0.05) is 10.8 Å². The summed E-state index contributed by atoms with van der Waals surface area (Å²) in [6.45, 7) is 0. The van der Waals surface area contributed by atoms with Crippen molar-refractivity contribution in [3.8, 4) is 16.9 Å². The summed E-state index contributed by atoms with van der Waals surface area (Å²) >= 11 is 0. The van der Waals surface area contributed by atoms with E-state index in [2.05, 4.69) is 102 Å². The van der Waals surface area contributed by atoms with E-state index < -0.39 is 0 Å². The second-order valence-corrected chi connectivity index (χ2v) is 7.83. The van der Waals surface area contributed by atoms with E-state index in [0.29, 0.717) is 0 Å². The summed E-state index contributed by atoms with van der Waals surface area (Å²) in [6.07, 6.45) is 2.63. The highest BCUT2D eigenvalue weighted by molar-refractivity contribution is 5.96. The van der Waals surface area contributed by atoms with Crippen LogP contribution in [-0.2, 0) is 0 Å². The van der Waals surface area contributed by atoms with Gasteiger partial charge in [0.25, 0.3) is 0 Å². The number of rotatable bonds is 3. The Balaban J connectivity index is 1.74. The third-order valence-electron chi connectivity index (χ3n) is 5.93. The molecule has 1 aliphatic carbocycles. The number of benzene rings is 4. The molecule has 0 unspecified atom stereocenters. The van der Waals surface area contributed by atoms with E-state index in [1.165, 1.54) is 57.0 Å². The van der Waals surface area contributed by atoms with Crippen molar-refractivity contribution in [2.45, 2.75) is 18.8 Å². The first kappa shape index (κ1) is 15.7. The molecule has 0 saturated heterocycles. The number of nitrogens with zero attached hydrogens (tertiary/aromatic N) is 1. The predicted molar refractivity (Wildman–Crippen MR) is 118 cm³/mol. The van der Waals surface area contributed by atoms with Crippen molar-refractivity contribution in [2.24, 2.45) is 0 Å². The second-order valence-electron chi connectivity index (χ2n) is 7.83. The van der Waals surface area contributed by atoms with Crippen LogP contribution < -0.4 is 0 Å². The molecule has 1 aliphatic rings. The molecule has 1 heteroatoms. The third kappa shape index (κ3) is 2.47. The van der Waals surface area contributed by atoms with Crippen LogP contribution in [0.5, 0.6) is 0 Å². The van der Waals surface area contributed by atoms with Crippen LogP contribution in [0.15, 0.2) is 97.1 Å². The van der Waals surface area contributed by atoms with Gasteiger partial charge in [0.1, 0.15) is 0 Å².